The van der Waals surface area contributed by atoms with E-state index in [9.17, 15) is 9.59 Å². The molecule has 4 nitrogen and oxygen atoms in total. The third kappa shape index (κ3) is 5.22. The summed E-state index contributed by atoms with van der Waals surface area (Å²) in [6.07, 6.45) is 0.853. The largest absolute Gasteiger partial charge is 0.330 e. The summed E-state index contributed by atoms with van der Waals surface area (Å²) >= 11 is 5.19. The van der Waals surface area contributed by atoms with Gasteiger partial charge in [-0.05, 0) is 71.7 Å². The van der Waals surface area contributed by atoms with Crippen molar-refractivity contribution in [1.29, 1.82) is 0 Å². The number of halogens is 1. The van der Waals surface area contributed by atoms with E-state index in [0.717, 1.165) is 16.5 Å². The third-order valence-corrected chi connectivity index (χ3v) is 7.58. The lowest BCUT2D eigenvalue weighted by molar-refractivity contribution is -0.134. The molecule has 1 aromatic heterocycles. The van der Waals surface area contributed by atoms with Crippen molar-refractivity contribution in [2.75, 3.05) is 19.6 Å². The van der Waals surface area contributed by atoms with Gasteiger partial charge >= 0.3 is 0 Å². The highest BCUT2D eigenvalue weighted by Gasteiger charge is 2.34. The quantitative estimate of drug-likeness (QED) is 0.391. The molecule has 0 bridgehead atoms. The lowest BCUT2D eigenvalue weighted by atomic mass is 9.90. The predicted octanol–water partition coefficient (Wildman–Crippen LogP) is 6.09. The maximum atomic E-state index is 13.7. The molecule has 0 radical (unpaired) electrons. The van der Waals surface area contributed by atoms with Crippen molar-refractivity contribution < 1.29 is 9.59 Å². The Morgan fingerprint density at radius 1 is 1.09 bits per heavy atom. The second-order valence-corrected chi connectivity index (χ2v) is 10.9. The fourth-order valence-electron chi connectivity index (χ4n) is 4.50. The zero-order valence-corrected chi connectivity index (χ0v) is 21.7. The Bertz CT molecular complexity index is 1140. The number of amides is 2. The molecule has 0 aliphatic carbocycles. The minimum atomic E-state index is -0.114. The second kappa shape index (κ2) is 10.2. The van der Waals surface area contributed by atoms with Gasteiger partial charge in [-0.15, -0.1) is 11.3 Å². The first-order valence-electron chi connectivity index (χ1n) is 11.3. The monoisotopic (exact) mass is 524 g/mol. The van der Waals surface area contributed by atoms with E-state index in [1.807, 2.05) is 29.2 Å². The average Bonchev–Trinajstić information content (AvgIpc) is 3.27. The second-order valence-electron chi connectivity index (χ2n) is 8.98. The maximum absolute atomic E-state index is 13.7. The molecule has 6 heteroatoms. The highest BCUT2D eigenvalue weighted by Crippen LogP contribution is 2.39. The van der Waals surface area contributed by atoms with Crippen molar-refractivity contribution in [3.8, 4) is 0 Å². The Labute approximate surface area is 208 Å². The summed E-state index contributed by atoms with van der Waals surface area (Å²) in [5.74, 6) is 0.144. The molecule has 0 fully saturated rings. The number of nitrogens with zero attached hydrogens (tertiary/aromatic N) is 2. The molecule has 4 rings (SSSR count). The summed E-state index contributed by atoms with van der Waals surface area (Å²) in [6.45, 7) is 7.51. The number of hydrogen-bond acceptors (Lipinski definition) is 3. The number of carbonyl (C=O) groups is 2. The van der Waals surface area contributed by atoms with Gasteiger partial charge < -0.3 is 9.80 Å². The number of thiophene rings is 1. The highest BCUT2D eigenvalue weighted by atomic mass is 79.9. The first-order chi connectivity index (χ1) is 15.8. The first kappa shape index (κ1) is 23.7. The van der Waals surface area contributed by atoms with Crippen LogP contribution in [0.1, 0.15) is 51.8 Å². The van der Waals surface area contributed by atoms with E-state index in [1.54, 1.807) is 28.4 Å². The number of benzene rings is 2. The molecular formula is C27H29BrN2O2S. The molecule has 2 heterocycles. The molecule has 0 saturated heterocycles. The minimum absolute atomic E-state index is 0.00813. The van der Waals surface area contributed by atoms with Crippen molar-refractivity contribution in [3.63, 3.8) is 0 Å². The van der Waals surface area contributed by atoms with Crippen molar-refractivity contribution in [2.45, 2.75) is 33.2 Å². The summed E-state index contributed by atoms with van der Waals surface area (Å²) in [4.78, 5) is 32.1. The zero-order chi connectivity index (χ0) is 23.5. The van der Waals surface area contributed by atoms with E-state index in [4.69, 9.17) is 0 Å². The van der Waals surface area contributed by atoms with Crippen molar-refractivity contribution in [1.82, 2.24) is 9.80 Å². The first-order valence-corrected chi connectivity index (χ1v) is 13.0. The number of hydrogen-bond donors (Lipinski definition) is 0. The fourth-order valence-corrected chi connectivity index (χ4v) is 5.67. The van der Waals surface area contributed by atoms with E-state index in [2.05, 4.69) is 60.3 Å². The summed E-state index contributed by atoms with van der Waals surface area (Å²) in [5.41, 5.74) is 4.13. The van der Waals surface area contributed by atoms with Gasteiger partial charge in [0.05, 0.1) is 6.04 Å². The summed E-state index contributed by atoms with van der Waals surface area (Å²) in [6, 6.07) is 17.6. The summed E-state index contributed by atoms with van der Waals surface area (Å²) < 4.78 is 0.923. The van der Waals surface area contributed by atoms with E-state index in [0.29, 0.717) is 18.7 Å². The van der Waals surface area contributed by atoms with Crippen LogP contribution >= 0.6 is 27.3 Å². The molecule has 1 aliphatic rings. The minimum Gasteiger partial charge on any atom is -0.330 e. The Kier molecular flexibility index (Phi) is 7.35. The van der Waals surface area contributed by atoms with Gasteiger partial charge in [-0.25, -0.2) is 0 Å². The van der Waals surface area contributed by atoms with Crippen LogP contribution < -0.4 is 0 Å². The molecule has 1 aliphatic heterocycles. The molecule has 0 unspecified atom stereocenters. The third-order valence-electron chi connectivity index (χ3n) is 6.06. The molecule has 0 saturated carbocycles. The Morgan fingerprint density at radius 3 is 2.52 bits per heavy atom. The van der Waals surface area contributed by atoms with E-state index in [-0.39, 0.29) is 30.3 Å². The van der Waals surface area contributed by atoms with Crippen LogP contribution in [-0.4, -0.2) is 41.2 Å². The molecule has 2 aromatic carbocycles. The molecule has 172 valence electrons. The zero-order valence-electron chi connectivity index (χ0n) is 19.3. The van der Waals surface area contributed by atoms with Gasteiger partial charge in [-0.1, -0.05) is 54.0 Å². The van der Waals surface area contributed by atoms with Crippen molar-refractivity contribution in [2.24, 2.45) is 5.92 Å². The number of fused-ring (bicyclic) bond motifs is 1. The summed E-state index contributed by atoms with van der Waals surface area (Å²) in [5, 5.41) is 2.12. The molecule has 0 N–H and O–H groups in total. The topological polar surface area (TPSA) is 40.6 Å². The van der Waals surface area contributed by atoms with Crippen LogP contribution in [0.3, 0.4) is 0 Å². The normalized spacial score (nSPS) is 15.4. The smallest absolute Gasteiger partial charge is 0.254 e. The van der Waals surface area contributed by atoms with Crippen LogP contribution in [0.15, 0.2) is 64.5 Å². The van der Waals surface area contributed by atoms with Crippen LogP contribution in [0.2, 0.25) is 0 Å². The fraction of sp³-hybridized carbons (Fsp3) is 0.333. The highest BCUT2D eigenvalue weighted by molar-refractivity contribution is 9.10. The Morgan fingerprint density at radius 2 is 1.82 bits per heavy atom. The van der Waals surface area contributed by atoms with Crippen molar-refractivity contribution >= 4 is 39.1 Å². The number of aryl methyl sites for hydroxylation is 1. The standard InChI is InChI=1S/C27H29BrN2O2S/c1-18(2)16-29(27(32)20-8-10-21(28)11-9-20)17-25(31)30-14-12-24-23(13-15-33-24)26(30)22-7-5-4-6-19(22)3/h4-11,13,15,18,26H,12,14,16-17H2,1-3H3/t26-/m0/s1. The number of carbonyl (C=O) groups excluding carboxylic acids is 2. The summed E-state index contributed by atoms with van der Waals surface area (Å²) in [7, 11) is 0. The molecule has 0 spiro atoms. The van der Waals surface area contributed by atoms with Gasteiger partial charge in [-0.3, -0.25) is 9.59 Å². The van der Waals surface area contributed by atoms with Gasteiger partial charge in [-0.2, -0.15) is 0 Å². The van der Waals surface area contributed by atoms with Crippen LogP contribution in [0.4, 0.5) is 0 Å². The molecule has 33 heavy (non-hydrogen) atoms. The lowest BCUT2D eigenvalue weighted by Gasteiger charge is -2.38. The Balaban J connectivity index is 1.63. The van der Waals surface area contributed by atoms with Gasteiger partial charge in [0.2, 0.25) is 5.91 Å². The van der Waals surface area contributed by atoms with Crippen LogP contribution in [0.25, 0.3) is 0 Å². The van der Waals surface area contributed by atoms with Crippen LogP contribution in [-0.2, 0) is 11.2 Å². The molecule has 2 amide bonds. The van der Waals surface area contributed by atoms with Crippen molar-refractivity contribution in [3.05, 3.63) is 91.6 Å². The van der Waals surface area contributed by atoms with E-state index < -0.39 is 0 Å². The van der Waals surface area contributed by atoms with E-state index in [1.165, 1.54) is 16.0 Å². The Hall–Kier alpha value is -2.44. The maximum Gasteiger partial charge on any atom is 0.254 e. The number of rotatable bonds is 6. The SMILES string of the molecule is Cc1ccccc1[C@H]1c2ccsc2CCN1C(=O)CN(CC(C)C)C(=O)c1ccc(Br)cc1. The average molecular weight is 526 g/mol. The van der Waals surface area contributed by atoms with E-state index >= 15 is 0 Å². The van der Waals surface area contributed by atoms with Gasteiger partial charge in [0.25, 0.3) is 5.91 Å². The predicted molar refractivity (Wildman–Crippen MR) is 138 cm³/mol. The van der Waals surface area contributed by atoms with Gasteiger partial charge in [0.15, 0.2) is 0 Å². The molecule has 1 atom stereocenters. The van der Waals surface area contributed by atoms with Gasteiger partial charge in [0.1, 0.15) is 6.54 Å². The molecular weight excluding hydrogens is 496 g/mol. The molecule has 3 aromatic rings. The van der Waals surface area contributed by atoms with Gasteiger partial charge in [0, 0.05) is 28.0 Å². The van der Waals surface area contributed by atoms with Crippen LogP contribution in [0.5, 0.6) is 0 Å². The lowest BCUT2D eigenvalue weighted by Crippen LogP contribution is -2.47. The van der Waals surface area contributed by atoms with Crippen LogP contribution in [0, 0.1) is 12.8 Å².